The number of anilines is 3. The van der Waals surface area contributed by atoms with Gasteiger partial charge in [0.05, 0.1) is 23.6 Å². The monoisotopic (exact) mass is 474 g/mol. The first-order valence-corrected chi connectivity index (χ1v) is 10.8. The number of benzene rings is 3. The van der Waals surface area contributed by atoms with E-state index >= 15 is 0 Å². The van der Waals surface area contributed by atoms with Gasteiger partial charge in [-0.05, 0) is 42.5 Å². The number of nitro groups is 1. The van der Waals surface area contributed by atoms with Crippen molar-refractivity contribution < 1.29 is 24.0 Å². The molecule has 1 atom stereocenters. The number of nitrogens with zero attached hydrogens (tertiary/aromatic N) is 2. The van der Waals surface area contributed by atoms with Crippen LogP contribution in [-0.4, -0.2) is 36.3 Å². The zero-order chi connectivity index (χ0) is 24.9. The van der Waals surface area contributed by atoms with Crippen molar-refractivity contribution in [1.82, 2.24) is 0 Å². The second kappa shape index (κ2) is 10.0. The van der Waals surface area contributed by atoms with Crippen molar-refractivity contribution in [2.24, 2.45) is 5.92 Å². The molecule has 0 saturated carbocycles. The Labute approximate surface area is 200 Å². The van der Waals surface area contributed by atoms with Crippen LogP contribution in [0.5, 0.6) is 5.75 Å². The lowest BCUT2D eigenvalue weighted by molar-refractivity contribution is -0.384. The van der Waals surface area contributed by atoms with Crippen molar-refractivity contribution in [3.63, 3.8) is 0 Å². The van der Waals surface area contributed by atoms with Gasteiger partial charge in [-0.1, -0.05) is 18.2 Å². The molecule has 0 radical (unpaired) electrons. The zero-order valence-corrected chi connectivity index (χ0v) is 18.8. The number of ether oxygens (including phenoxy) is 1. The van der Waals surface area contributed by atoms with Gasteiger partial charge in [0.15, 0.2) is 0 Å². The highest BCUT2D eigenvalue weighted by atomic mass is 16.6. The van der Waals surface area contributed by atoms with Gasteiger partial charge in [-0.15, -0.1) is 0 Å². The van der Waals surface area contributed by atoms with Crippen LogP contribution in [0.2, 0.25) is 0 Å². The first-order valence-electron chi connectivity index (χ1n) is 10.8. The Morgan fingerprint density at radius 2 is 1.74 bits per heavy atom. The van der Waals surface area contributed by atoms with Gasteiger partial charge in [0, 0.05) is 42.0 Å². The standard InChI is InChI=1S/C25H22N4O6/c1-35-22-12-11-20(29(33)34)14-21(22)27-24(31)16-7-9-18(10-8-16)26-25(32)17-13-23(30)28(15-17)19-5-3-2-4-6-19/h2-12,14,17H,13,15H2,1H3,(H,26,32)(H,27,31). The molecule has 0 bridgehead atoms. The summed E-state index contributed by atoms with van der Waals surface area (Å²) in [5, 5.41) is 16.4. The van der Waals surface area contributed by atoms with Gasteiger partial charge in [0.2, 0.25) is 11.8 Å². The molecule has 4 rings (SSSR count). The highest BCUT2D eigenvalue weighted by Crippen LogP contribution is 2.30. The number of amides is 3. The van der Waals surface area contributed by atoms with Crippen molar-refractivity contribution in [1.29, 1.82) is 0 Å². The molecule has 0 aliphatic carbocycles. The lowest BCUT2D eigenvalue weighted by Crippen LogP contribution is -2.28. The molecular weight excluding hydrogens is 452 g/mol. The molecule has 3 aromatic rings. The molecule has 2 N–H and O–H groups in total. The number of carbonyl (C=O) groups is 3. The lowest BCUT2D eigenvalue weighted by Gasteiger charge is -2.16. The summed E-state index contributed by atoms with van der Waals surface area (Å²) in [6.45, 7) is 0.292. The normalized spacial score (nSPS) is 14.9. The van der Waals surface area contributed by atoms with E-state index in [4.69, 9.17) is 4.74 Å². The van der Waals surface area contributed by atoms with Crippen molar-refractivity contribution >= 4 is 40.5 Å². The third-order valence-corrected chi connectivity index (χ3v) is 5.62. The van der Waals surface area contributed by atoms with Gasteiger partial charge in [-0.2, -0.15) is 0 Å². The smallest absolute Gasteiger partial charge is 0.271 e. The molecule has 1 saturated heterocycles. The predicted octanol–water partition coefficient (Wildman–Crippen LogP) is 3.85. The van der Waals surface area contributed by atoms with E-state index in [0.717, 1.165) is 5.69 Å². The van der Waals surface area contributed by atoms with Crippen LogP contribution in [0.3, 0.4) is 0 Å². The number of methoxy groups -OCH3 is 1. The number of non-ortho nitro benzene ring substituents is 1. The number of para-hydroxylation sites is 1. The fourth-order valence-electron chi connectivity index (χ4n) is 3.79. The fraction of sp³-hybridized carbons (Fsp3) is 0.160. The number of carbonyl (C=O) groups excluding carboxylic acids is 3. The average molecular weight is 474 g/mol. The predicted molar refractivity (Wildman–Crippen MR) is 130 cm³/mol. The Hall–Kier alpha value is -4.73. The van der Waals surface area contributed by atoms with E-state index < -0.39 is 16.7 Å². The highest BCUT2D eigenvalue weighted by molar-refractivity contribution is 6.06. The number of nitrogens with one attached hydrogen (secondary N) is 2. The maximum absolute atomic E-state index is 12.7. The second-order valence-corrected chi connectivity index (χ2v) is 7.90. The van der Waals surface area contributed by atoms with Gasteiger partial charge in [-0.25, -0.2) is 0 Å². The lowest BCUT2D eigenvalue weighted by atomic mass is 10.1. The first-order chi connectivity index (χ1) is 16.9. The first kappa shape index (κ1) is 23.4. The average Bonchev–Trinajstić information content (AvgIpc) is 3.26. The Morgan fingerprint density at radius 1 is 1.03 bits per heavy atom. The maximum Gasteiger partial charge on any atom is 0.271 e. The molecule has 1 unspecified atom stereocenters. The quantitative estimate of drug-likeness (QED) is 0.395. The van der Waals surface area contributed by atoms with Crippen molar-refractivity contribution in [3.8, 4) is 5.75 Å². The van der Waals surface area contributed by atoms with Gasteiger partial charge in [-0.3, -0.25) is 24.5 Å². The van der Waals surface area contributed by atoms with E-state index in [-0.39, 0.29) is 40.9 Å². The Morgan fingerprint density at radius 3 is 2.40 bits per heavy atom. The summed E-state index contributed by atoms with van der Waals surface area (Å²) in [5.74, 6) is -1.10. The summed E-state index contributed by atoms with van der Waals surface area (Å²) >= 11 is 0. The number of rotatable bonds is 7. The van der Waals surface area contributed by atoms with Crippen LogP contribution in [0.4, 0.5) is 22.7 Å². The molecule has 178 valence electrons. The van der Waals surface area contributed by atoms with E-state index in [1.54, 1.807) is 17.0 Å². The van der Waals surface area contributed by atoms with Crippen LogP contribution in [0.25, 0.3) is 0 Å². The second-order valence-electron chi connectivity index (χ2n) is 7.90. The minimum Gasteiger partial charge on any atom is -0.495 e. The summed E-state index contributed by atoms with van der Waals surface area (Å²) < 4.78 is 5.16. The Bertz CT molecular complexity index is 1280. The molecular formula is C25H22N4O6. The van der Waals surface area contributed by atoms with E-state index in [0.29, 0.717) is 12.2 Å². The van der Waals surface area contributed by atoms with Crippen molar-refractivity contribution in [3.05, 3.63) is 88.5 Å². The number of hydrogen-bond acceptors (Lipinski definition) is 6. The van der Waals surface area contributed by atoms with E-state index in [9.17, 15) is 24.5 Å². The zero-order valence-electron chi connectivity index (χ0n) is 18.8. The molecule has 0 spiro atoms. The van der Waals surface area contributed by atoms with E-state index in [1.165, 1.54) is 37.4 Å². The topological polar surface area (TPSA) is 131 Å². The van der Waals surface area contributed by atoms with Crippen LogP contribution >= 0.6 is 0 Å². The summed E-state index contributed by atoms with van der Waals surface area (Å²) in [6.07, 6.45) is 0.117. The molecule has 1 aliphatic heterocycles. The summed E-state index contributed by atoms with van der Waals surface area (Å²) in [5.41, 5.74) is 1.49. The van der Waals surface area contributed by atoms with Gasteiger partial charge >= 0.3 is 0 Å². The Kier molecular flexibility index (Phi) is 6.72. The molecule has 10 nitrogen and oxygen atoms in total. The van der Waals surface area contributed by atoms with Crippen LogP contribution in [0.1, 0.15) is 16.8 Å². The summed E-state index contributed by atoms with van der Waals surface area (Å²) in [4.78, 5) is 49.8. The molecule has 3 aromatic carbocycles. The van der Waals surface area contributed by atoms with Gasteiger partial charge < -0.3 is 20.3 Å². The largest absolute Gasteiger partial charge is 0.495 e. The molecule has 1 heterocycles. The molecule has 10 heteroatoms. The van der Waals surface area contributed by atoms with E-state index in [1.807, 2.05) is 30.3 Å². The fourth-order valence-corrected chi connectivity index (χ4v) is 3.79. The van der Waals surface area contributed by atoms with Crippen LogP contribution in [0, 0.1) is 16.0 Å². The molecule has 3 amide bonds. The number of hydrogen-bond donors (Lipinski definition) is 2. The van der Waals surface area contributed by atoms with Gasteiger partial charge in [0.1, 0.15) is 5.75 Å². The van der Waals surface area contributed by atoms with Crippen LogP contribution < -0.4 is 20.3 Å². The minimum absolute atomic E-state index is 0.111. The summed E-state index contributed by atoms with van der Waals surface area (Å²) in [6, 6.07) is 19.3. The summed E-state index contributed by atoms with van der Waals surface area (Å²) in [7, 11) is 1.39. The third-order valence-electron chi connectivity index (χ3n) is 5.62. The van der Waals surface area contributed by atoms with E-state index in [2.05, 4.69) is 10.6 Å². The maximum atomic E-state index is 12.7. The van der Waals surface area contributed by atoms with Crippen LogP contribution in [-0.2, 0) is 9.59 Å². The van der Waals surface area contributed by atoms with Crippen molar-refractivity contribution in [2.45, 2.75) is 6.42 Å². The SMILES string of the molecule is COc1ccc([N+](=O)[O-])cc1NC(=O)c1ccc(NC(=O)C2CC(=O)N(c3ccccc3)C2)cc1. The van der Waals surface area contributed by atoms with Crippen molar-refractivity contribution in [2.75, 3.05) is 29.2 Å². The highest BCUT2D eigenvalue weighted by Gasteiger charge is 2.35. The Balaban J connectivity index is 1.39. The molecule has 1 aliphatic rings. The molecule has 1 fully saturated rings. The molecule has 35 heavy (non-hydrogen) atoms. The third kappa shape index (κ3) is 5.27. The minimum atomic E-state index is -0.566. The number of nitro benzene ring substituents is 1. The van der Waals surface area contributed by atoms with Gasteiger partial charge in [0.25, 0.3) is 11.6 Å². The van der Waals surface area contributed by atoms with Crippen LogP contribution in [0.15, 0.2) is 72.8 Å². The molecule has 0 aromatic heterocycles.